The predicted octanol–water partition coefficient (Wildman–Crippen LogP) is 5.45. The van der Waals surface area contributed by atoms with Crippen molar-refractivity contribution in [3.8, 4) is 17.2 Å². The Morgan fingerprint density at radius 3 is 2.26 bits per heavy atom. The summed E-state index contributed by atoms with van der Waals surface area (Å²) in [7, 11) is 0. The topological polar surface area (TPSA) is 98.3 Å². The van der Waals surface area contributed by atoms with Gasteiger partial charge in [0.1, 0.15) is 12.4 Å². The van der Waals surface area contributed by atoms with Crippen molar-refractivity contribution >= 4 is 23.7 Å². The van der Waals surface area contributed by atoms with E-state index in [1.807, 2.05) is 61.5 Å². The third kappa shape index (κ3) is 8.19. The van der Waals surface area contributed by atoms with E-state index in [0.717, 1.165) is 5.56 Å². The second kappa shape index (κ2) is 14.0. The van der Waals surface area contributed by atoms with E-state index in [-0.39, 0.29) is 12.5 Å². The van der Waals surface area contributed by atoms with E-state index in [4.69, 9.17) is 14.2 Å². The summed E-state index contributed by atoms with van der Waals surface area (Å²) < 4.78 is 17.3. The number of amides is 2. The van der Waals surface area contributed by atoms with E-state index in [2.05, 4.69) is 15.8 Å². The van der Waals surface area contributed by atoms with Crippen LogP contribution in [-0.4, -0.2) is 31.2 Å². The first-order chi connectivity index (χ1) is 19.1. The fourth-order valence-corrected chi connectivity index (χ4v) is 3.58. The molecule has 0 unspecified atom stereocenters. The molecule has 0 fully saturated rings. The van der Waals surface area contributed by atoms with Gasteiger partial charge in [-0.1, -0.05) is 60.7 Å². The van der Waals surface area contributed by atoms with Gasteiger partial charge in [0.05, 0.1) is 12.8 Å². The van der Waals surface area contributed by atoms with Gasteiger partial charge in [-0.15, -0.1) is 0 Å². The van der Waals surface area contributed by atoms with Gasteiger partial charge >= 0.3 is 0 Å². The Balaban J connectivity index is 1.35. The largest absolute Gasteiger partial charge is 0.490 e. The van der Waals surface area contributed by atoms with Crippen molar-refractivity contribution < 1.29 is 23.8 Å². The lowest BCUT2D eigenvalue weighted by Crippen LogP contribution is -2.20. The zero-order valence-corrected chi connectivity index (χ0v) is 21.5. The molecule has 0 aromatic heterocycles. The first-order valence-electron chi connectivity index (χ1n) is 12.5. The SMILES string of the molecule is CCOc1cc(C(=O)N/N=C/c2ccccc2OCC(=O)Nc2ccccc2)ccc1OCc1ccccc1. The third-order valence-electron chi connectivity index (χ3n) is 5.45. The van der Waals surface area contributed by atoms with E-state index in [0.29, 0.717) is 47.3 Å². The summed E-state index contributed by atoms with van der Waals surface area (Å²) in [6.07, 6.45) is 1.46. The number of para-hydroxylation sites is 2. The molecule has 0 radical (unpaired) electrons. The molecule has 0 atom stereocenters. The van der Waals surface area contributed by atoms with Crippen LogP contribution in [0.1, 0.15) is 28.4 Å². The van der Waals surface area contributed by atoms with Gasteiger partial charge in [-0.05, 0) is 55.0 Å². The average Bonchev–Trinajstić information content (AvgIpc) is 2.97. The summed E-state index contributed by atoms with van der Waals surface area (Å²) in [5.74, 6) is 0.767. The molecule has 8 nitrogen and oxygen atoms in total. The van der Waals surface area contributed by atoms with E-state index in [9.17, 15) is 9.59 Å². The lowest BCUT2D eigenvalue weighted by Gasteiger charge is -2.13. The minimum atomic E-state index is -0.414. The second-order valence-electron chi connectivity index (χ2n) is 8.31. The standard InChI is InChI=1S/C31H29N3O5/c1-2-37-29-19-24(17-18-28(29)38-21-23-11-5-3-6-12-23)31(36)34-32-20-25-13-9-10-16-27(25)39-22-30(35)33-26-14-7-4-8-15-26/h3-20H,2,21-22H2,1H3,(H,33,35)(H,34,36)/b32-20+. The molecular formula is C31H29N3O5. The molecule has 0 aliphatic rings. The number of carbonyl (C=O) groups excluding carboxylic acids is 2. The molecule has 198 valence electrons. The second-order valence-corrected chi connectivity index (χ2v) is 8.31. The van der Waals surface area contributed by atoms with E-state index < -0.39 is 5.91 Å². The summed E-state index contributed by atoms with van der Waals surface area (Å²) in [5.41, 5.74) is 5.20. The van der Waals surface area contributed by atoms with Gasteiger partial charge in [0.15, 0.2) is 18.1 Å². The predicted molar refractivity (Wildman–Crippen MR) is 150 cm³/mol. The molecule has 4 rings (SSSR count). The van der Waals surface area contributed by atoms with Crippen molar-refractivity contribution in [1.29, 1.82) is 0 Å². The molecule has 0 saturated carbocycles. The number of rotatable bonds is 12. The maximum absolute atomic E-state index is 12.8. The van der Waals surface area contributed by atoms with Crippen LogP contribution in [0.5, 0.6) is 17.2 Å². The van der Waals surface area contributed by atoms with Crippen LogP contribution < -0.4 is 25.0 Å². The van der Waals surface area contributed by atoms with Crippen molar-refractivity contribution in [3.05, 3.63) is 120 Å². The third-order valence-corrected chi connectivity index (χ3v) is 5.45. The molecule has 0 heterocycles. The molecule has 8 heteroatoms. The molecule has 2 amide bonds. The van der Waals surface area contributed by atoms with Gasteiger partial charge in [0.25, 0.3) is 11.8 Å². The molecule has 0 bridgehead atoms. The lowest BCUT2D eigenvalue weighted by atomic mass is 10.2. The van der Waals surface area contributed by atoms with Gasteiger partial charge in [0, 0.05) is 16.8 Å². The molecular weight excluding hydrogens is 494 g/mol. The van der Waals surface area contributed by atoms with Crippen molar-refractivity contribution in [1.82, 2.24) is 5.43 Å². The number of hydrogen-bond donors (Lipinski definition) is 2. The number of hydrogen-bond acceptors (Lipinski definition) is 6. The van der Waals surface area contributed by atoms with E-state index in [1.165, 1.54) is 6.21 Å². The molecule has 39 heavy (non-hydrogen) atoms. The molecule has 4 aromatic carbocycles. The smallest absolute Gasteiger partial charge is 0.271 e. The highest BCUT2D eigenvalue weighted by Crippen LogP contribution is 2.29. The lowest BCUT2D eigenvalue weighted by molar-refractivity contribution is -0.118. The summed E-state index contributed by atoms with van der Waals surface area (Å²) in [6.45, 7) is 2.49. The summed E-state index contributed by atoms with van der Waals surface area (Å²) in [4.78, 5) is 25.0. The van der Waals surface area contributed by atoms with Gasteiger partial charge in [-0.3, -0.25) is 9.59 Å². The number of carbonyl (C=O) groups is 2. The van der Waals surface area contributed by atoms with Crippen molar-refractivity contribution in [3.63, 3.8) is 0 Å². The van der Waals surface area contributed by atoms with Gasteiger partial charge in [-0.2, -0.15) is 5.10 Å². The Morgan fingerprint density at radius 1 is 0.769 bits per heavy atom. The number of ether oxygens (including phenoxy) is 3. The highest BCUT2D eigenvalue weighted by atomic mass is 16.5. The Labute approximate surface area is 227 Å². The van der Waals surface area contributed by atoms with Crippen LogP contribution in [0.2, 0.25) is 0 Å². The fraction of sp³-hybridized carbons (Fsp3) is 0.129. The Hall–Kier alpha value is -5.11. The first kappa shape index (κ1) is 26.9. The summed E-state index contributed by atoms with van der Waals surface area (Å²) >= 11 is 0. The van der Waals surface area contributed by atoms with E-state index in [1.54, 1.807) is 48.5 Å². The average molecular weight is 524 g/mol. The minimum Gasteiger partial charge on any atom is -0.490 e. The quantitative estimate of drug-likeness (QED) is 0.190. The van der Waals surface area contributed by atoms with Crippen LogP contribution in [0.25, 0.3) is 0 Å². The van der Waals surface area contributed by atoms with Crippen LogP contribution in [0.4, 0.5) is 5.69 Å². The van der Waals surface area contributed by atoms with Crippen LogP contribution in [0.15, 0.2) is 108 Å². The molecule has 2 N–H and O–H groups in total. The normalized spacial score (nSPS) is 10.6. The zero-order chi connectivity index (χ0) is 27.3. The van der Waals surface area contributed by atoms with Crippen molar-refractivity contribution in [2.45, 2.75) is 13.5 Å². The Bertz CT molecular complexity index is 1410. The Morgan fingerprint density at radius 2 is 1.49 bits per heavy atom. The van der Waals surface area contributed by atoms with E-state index >= 15 is 0 Å². The highest BCUT2D eigenvalue weighted by molar-refractivity contribution is 5.96. The number of nitrogens with one attached hydrogen (secondary N) is 2. The minimum absolute atomic E-state index is 0.176. The monoisotopic (exact) mass is 523 g/mol. The number of benzene rings is 4. The number of anilines is 1. The van der Waals surface area contributed by atoms with Crippen molar-refractivity contribution in [2.24, 2.45) is 5.10 Å². The zero-order valence-electron chi connectivity index (χ0n) is 21.5. The maximum atomic E-state index is 12.8. The first-order valence-corrected chi connectivity index (χ1v) is 12.5. The molecule has 0 aliphatic heterocycles. The van der Waals surface area contributed by atoms with Crippen LogP contribution in [-0.2, 0) is 11.4 Å². The molecule has 0 aliphatic carbocycles. The molecule has 0 saturated heterocycles. The van der Waals surface area contributed by atoms with Gasteiger partial charge in [-0.25, -0.2) is 5.43 Å². The molecule has 0 spiro atoms. The van der Waals surface area contributed by atoms with Gasteiger partial charge < -0.3 is 19.5 Å². The van der Waals surface area contributed by atoms with Crippen molar-refractivity contribution in [2.75, 3.05) is 18.5 Å². The number of nitrogens with zero attached hydrogens (tertiary/aromatic N) is 1. The van der Waals surface area contributed by atoms with Crippen LogP contribution >= 0.6 is 0 Å². The highest BCUT2D eigenvalue weighted by Gasteiger charge is 2.12. The molecule has 4 aromatic rings. The number of hydrazone groups is 1. The van der Waals surface area contributed by atoms with Crippen LogP contribution in [0, 0.1) is 0 Å². The summed E-state index contributed by atoms with van der Waals surface area (Å²) in [5, 5.41) is 6.84. The summed E-state index contributed by atoms with van der Waals surface area (Å²) in [6, 6.07) is 31.0. The van der Waals surface area contributed by atoms with Gasteiger partial charge in [0.2, 0.25) is 0 Å². The Kier molecular flexibility index (Phi) is 9.67. The fourth-order valence-electron chi connectivity index (χ4n) is 3.58. The maximum Gasteiger partial charge on any atom is 0.271 e. The van der Waals surface area contributed by atoms with Crippen LogP contribution in [0.3, 0.4) is 0 Å².